The Labute approximate surface area is 119 Å². The summed E-state index contributed by atoms with van der Waals surface area (Å²) in [7, 11) is -3.21. The van der Waals surface area contributed by atoms with Crippen molar-refractivity contribution in [3.63, 3.8) is 0 Å². The molecule has 6 heteroatoms. The molecule has 0 radical (unpaired) electrons. The smallest absolute Gasteiger partial charge is 0.175 e. The summed E-state index contributed by atoms with van der Waals surface area (Å²) in [5, 5.41) is 23.0. The molecule has 3 N–H and O–H groups in total. The fourth-order valence-electron chi connectivity index (χ4n) is 2.26. The van der Waals surface area contributed by atoms with Crippen molar-refractivity contribution in [3.8, 4) is 0 Å². The third-order valence-electron chi connectivity index (χ3n) is 3.77. The number of rotatable bonds is 6. The third kappa shape index (κ3) is 3.79. The van der Waals surface area contributed by atoms with Gasteiger partial charge >= 0.3 is 0 Å². The first kappa shape index (κ1) is 15.4. The first-order valence-electron chi connectivity index (χ1n) is 6.71. The van der Waals surface area contributed by atoms with Crippen molar-refractivity contribution in [2.24, 2.45) is 0 Å². The molecule has 0 aromatic heterocycles. The van der Waals surface area contributed by atoms with E-state index in [1.54, 1.807) is 12.1 Å². The summed E-state index contributed by atoms with van der Waals surface area (Å²) >= 11 is 0. The number of aliphatic hydroxyl groups is 2. The van der Waals surface area contributed by atoms with E-state index in [0.717, 1.165) is 25.5 Å². The first-order chi connectivity index (χ1) is 9.30. The van der Waals surface area contributed by atoms with Crippen LogP contribution in [0.4, 0.5) is 0 Å². The zero-order valence-electron chi connectivity index (χ0n) is 11.5. The quantitative estimate of drug-likeness (QED) is 0.717. The van der Waals surface area contributed by atoms with Gasteiger partial charge in [-0.1, -0.05) is 12.1 Å². The molecule has 0 saturated heterocycles. The Morgan fingerprint density at radius 3 is 2.35 bits per heavy atom. The number of hydrogen-bond donors (Lipinski definition) is 3. The fraction of sp³-hybridized carbons (Fsp3) is 0.571. The minimum atomic E-state index is -3.21. The van der Waals surface area contributed by atoms with Crippen molar-refractivity contribution in [2.75, 3.05) is 19.3 Å². The average Bonchev–Trinajstić information content (AvgIpc) is 2.36. The van der Waals surface area contributed by atoms with Gasteiger partial charge in [0, 0.05) is 19.3 Å². The van der Waals surface area contributed by atoms with Crippen molar-refractivity contribution in [1.82, 2.24) is 5.32 Å². The van der Waals surface area contributed by atoms with Crippen LogP contribution in [0.2, 0.25) is 0 Å². The molecule has 20 heavy (non-hydrogen) atoms. The van der Waals surface area contributed by atoms with E-state index in [-0.39, 0.29) is 4.90 Å². The number of hydrogen-bond acceptors (Lipinski definition) is 5. The largest absolute Gasteiger partial charge is 0.389 e. The van der Waals surface area contributed by atoms with Crippen LogP contribution >= 0.6 is 0 Å². The van der Waals surface area contributed by atoms with E-state index >= 15 is 0 Å². The van der Waals surface area contributed by atoms with Gasteiger partial charge < -0.3 is 15.5 Å². The minimum absolute atomic E-state index is 0.241. The van der Waals surface area contributed by atoms with Crippen LogP contribution in [0.3, 0.4) is 0 Å². The second-order valence-corrected chi connectivity index (χ2v) is 7.58. The van der Waals surface area contributed by atoms with Crippen molar-refractivity contribution in [1.29, 1.82) is 0 Å². The molecule has 2 rings (SSSR count). The van der Waals surface area contributed by atoms with Crippen molar-refractivity contribution in [3.05, 3.63) is 29.8 Å². The monoisotopic (exact) mass is 299 g/mol. The molecule has 0 spiro atoms. The molecule has 0 amide bonds. The van der Waals surface area contributed by atoms with Crippen LogP contribution < -0.4 is 5.32 Å². The van der Waals surface area contributed by atoms with E-state index < -0.39 is 21.5 Å². The maximum absolute atomic E-state index is 11.3. The van der Waals surface area contributed by atoms with Crippen LogP contribution in [0, 0.1) is 0 Å². The average molecular weight is 299 g/mol. The SMILES string of the molecule is CS(=O)(=O)c1ccc(C(O)CNCC2(O)CCC2)cc1. The Morgan fingerprint density at radius 1 is 1.30 bits per heavy atom. The van der Waals surface area contributed by atoms with E-state index in [1.807, 2.05) is 0 Å². The predicted molar refractivity (Wildman–Crippen MR) is 76.2 cm³/mol. The summed E-state index contributed by atoms with van der Waals surface area (Å²) in [5.41, 5.74) is 0.0466. The van der Waals surface area contributed by atoms with Gasteiger partial charge in [-0.25, -0.2) is 8.42 Å². The normalized spacial score (nSPS) is 19.4. The summed E-state index contributed by atoms with van der Waals surface area (Å²) in [6.07, 6.45) is 3.10. The van der Waals surface area contributed by atoms with Gasteiger partial charge in [0.25, 0.3) is 0 Å². The summed E-state index contributed by atoms with van der Waals surface area (Å²) in [6, 6.07) is 6.21. The predicted octanol–water partition coefficient (Wildman–Crippen LogP) is 0.628. The van der Waals surface area contributed by atoms with Crippen LogP contribution in [0.15, 0.2) is 29.2 Å². The Morgan fingerprint density at radius 2 is 1.90 bits per heavy atom. The molecular formula is C14H21NO4S. The van der Waals surface area contributed by atoms with E-state index in [1.165, 1.54) is 12.1 Å². The first-order valence-corrected chi connectivity index (χ1v) is 8.60. The van der Waals surface area contributed by atoms with Crippen LogP contribution in [0.5, 0.6) is 0 Å². The molecule has 0 heterocycles. The second kappa shape index (κ2) is 5.81. The lowest BCUT2D eigenvalue weighted by molar-refractivity contribution is -0.0328. The molecule has 1 fully saturated rings. The van der Waals surface area contributed by atoms with Gasteiger partial charge in [0.05, 0.1) is 16.6 Å². The van der Waals surface area contributed by atoms with Gasteiger partial charge in [0.15, 0.2) is 9.84 Å². The third-order valence-corrected chi connectivity index (χ3v) is 4.90. The molecule has 1 saturated carbocycles. The van der Waals surface area contributed by atoms with Crippen LogP contribution in [-0.2, 0) is 9.84 Å². The molecule has 1 aromatic carbocycles. The van der Waals surface area contributed by atoms with E-state index in [4.69, 9.17) is 0 Å². The summed E-state index contributed by atoms with van der Waals surface area (Å²) in [5.74, 6) is 0. The highest BCUT2D eigenvalue weighted by molar-refractivity contribution is 7.90. The maximum Gasteiger partial charge on any atom is 0.175 e. The molecule has 1 aliphatic rings. The van der Waals surface area contributed by atoms with E-state index in [0.29, 0.717) is 18.7 Å². The van der Waals surface area contributed by atoms with Crippen LogP contribution in [-0.4, -0.2) is 43.6 Å². The van der Waals surface area contributed by atoms with Gasteiger partial charge in [-0.3, -0.25) is 0 Å². The Kier molecular flexibility index (Phi) is 4.49. The summed E-state index contributed by atoms with van der Waals surface area (Å²) < 4.78 is 22.7. The second-order valence-electron chi connectivity index (χ2n) is 5.57. The van der Waals surface area contributed by atoms with Gasteiger partial charge in [-0.05, 0) is 37.0 Å². The number of sulfone groups is 1. The zero-order chi connectivity index (χ0) is 14.8. The van der Waals surface area contributed by atoms with Crippen molar-refractivity contribution >= 4 is 9.84 Å². The van der Waals surface area contributed by atoms with Gasteiger partial charge in [0.2, 0.25) is 0 Å². The lowest BCUT2D eigenvalue weighted by atomic mass is 9.80. The minimum Gasteiger partial charge on any atom is -0.389 e. The zero-order valence-corrected chi connectivity index (χ0v) is 12.4. The highest BCUT2D eigenvalue weighted by atomic mass is 32.2. The van der Waals surface area contributed by atoms with E-state index in [9.17, 15) is 18.6 Å². The van der Waals surface area contributed by atoms with Gasteiger partial charge in [-0.15, -0.1) is 0 Å². The Hall–Kier alpha value is -0.950. The molecule has 1 atom stereocenters. The van der Waals surface area contributed by atoms with Crippen LogP contribution in [0.25, 0.3) is 0 Å². The molecule has 0 aliphatic heterocycles. The molecule has 0 bridgehead atoms. The van der Waals surface area contributed by atoms with Crippen molar-refractivity contribution in [2.45, 2.75) is 35.9 Å². The standard InChI is InChI=1S/C14H21NO4S/c1-20(18,19)12-5-3-11(4-6-12)13(16)9-15-10-14(17)7-2-8-14/h3-6,13,15-17H,2,7-10H2,1H3. The maximum atomic E-state index is 11.3. The summed E-state index contributed by atoms with van der Waals surface area (Å²) in [4.78, 5) is 0.241. The highest BCUT2D eigenvalue weighted by Gasteiger charge is 2.33. The molecule has 5 nitrogen and oxygen atoms in total. The number of aliphatic hydroxyl groups excluding tert-OH is 1. The van der Waals surface area contributed by atoms with Crippen LogP contribution in [0.1, 0.15) is 30.9 Å². The number of benzene rings is 1. The highest BCUT2D eigenvalue weighted by Crippen LogP contribution is 2.30. The topological polar surface area (TPSA) is 86.6 Å². The van der Waals surface area contributed by atoms with Gasteiger partial charge in [-0.2, -0.15) is 0 Å². The summed E-state index contributed by atoms with van der Waals surface area (Å²) in [6.45, 7) is 0.812. The molecule has 1 aliphatic carbocycles. The fourth-order valence-corrected chi connectivity index (χ4v) is 2.89. The Bertz CT molecular complexity index is 549. The molecule has 112 valence electrons. The Balaban J connectivity index is 1.87. The van der Waals surface area contributed by atoms with Crippen molar-refractivity contribution < 1.29 is 18.6 Å². The lowest BCUT2D eigenvalue weighted by Gasteiger charge is -2.37. The number of nitrogens with one attached hydrogen (secondary N) is 1. The molecule has 1 aromatic rings. The molecule has 1 unspecified atom stereocenters. The molecular weight excluding hydrogens is 278 g/mol. The lowest BCUT2D eigenvalue weighted by Crippen LogP contribution is -2.46. The van der Waals surface area contributed by atoms with Gasteiger partial charge in [0.1, 0.15) is 0 Å². The van der Waals surface area contributed by atoms with E-state index in [2.05, 4.69) is 5.32 Å².